The second kappa shape index (κ2) is 7.64. The van der Waals surface area contributed by atoms with Crippen molar-refractivity contribution < 1.29 is 5.11 Å². The number of fused-ring (bicyclic) bond motifs is 1. The van der Waals surface area contributed by atoms with Gasteiger partial charge in [-0.2, -0.15) is 0 Å². The summed E-state index contributed by atoms with van der Waals surface area (Å²) in [6, 6.07) is 6.71. The molecule has 3 heterocycles. The first-order valence-corrected chi connectivity index (χ1v) is 10.2. The molecule has 1 aliphatic heterocycles. The second-order valence-electron chi connectivity index (χ2n) is 8.36. The molecule has 1 aromatic carbocycles. The van der Waals surface area contributed by atoms with E-state index in [1.807, 2.05) is 17.8 Å². The molecule has 148 valence electrons. The Kier molecular flexibility index (Phi) is 5.21. The van der Waals surface area contributed by atoms with Crippen LogP contribution in [0.2, 0.25) is 0 Å². The van der Waals surface area contributed by atoms with Crippen LogP contribution in [0.25, 0.3) is 10.9 Å². The molecule has 5 nitrogen and oxygen atoms in total. The van der Waals surface area contributed by atoms with Gasteiger partial charge in [0.2, 0.25) is 0 Å². The molecular formula is C23H30N4O. The van der Waals surface area contributed by atoms with Crippen LogP contribution in [0.1, 0.15) is 47.2 Å². The van der Waals surface area contributed by atoms with Crippen molar-refractivity contribution in [3.8, 4) is 0 Å². The molecule has 1 atom stereocenters. The predicted molar refractivity (Wildman–Crippen MR) is 112 cm³/mol. The maximum Gasteiger partial charge on any atom is 0.137 e. The van der Waals surface area contributed by atoms with Gasteiger partial charge < -0.3 is 9.67 Å². The number of nitrogens with zero attached hydrogens (tertiary/aromatic N) is 4. The van der Waals surface area contributed by atoms with Crippen molar-refractivity contribution in [2.24, 2.45) is 13.0 Å². The largest absolute Gasteiger partial charge is 0.385 e. The maximum absolute atomic E-state index is 10.7. The van der Waals surface area contributed by atoms with E-state index >= 15 is 0 Å². The summed E-state index contributed by atoms with van der Waals surface area (Å²) in [7, 11) is 1.95. The molecule has 1 aliphatic rings. The van der Waals surface area contributed by atoms with Crippen LogP contribution < -0.4 is 0 Å². The Hall–Kier alpha value is -2.24. The van der Waals surface area contributed by atoms with Gasteiger partial charge in [0.15, 0.2) is 0 Å². The molecule has 0 spiro atoms. The summed E-state index contributed by atoms with van der Waals surface area (Å²) in [5.74, 6) is 1.05. The van der Waals surface area contributed by atoms with Crippen molar-refractivity contribution in [1.29, 1.82) is 0 Å². The van der Waals surface area contributed by atoms with E-state index < -0.39 is 6.10 Å². The normalized spacial score (nSPS) is 17.3. The molecule has 0 aliphatic carbocycles. The third kappa shape index (κ3) is 3.69. The first kappa shape index (κ1) is 19.1. The predicted octanol–water partition coefficient (Wildman–Crippen LogP) is 3.84. The van der Waals surface area contributed by atoms with Crippen molar-refractivity contribution in [2.75, 3.05) is 13.1 Å². The number of benzene rings is 1. The fourth-order valence-electron chi connectivity index (χ4n) is 4.56. The Morgan fingerprint density at radius 3 is 2.57 bits per heavy atom. The van der Waals surface area contributed by atoms with Crippen LogP contribution in [0.4, 0.5) is 0 Å². The van der Waals surface area contributed by atoms with E-state index in [9.17, 15) is 5.11 Å². The number of pyridine rings is 1. The summed E-state index contributed by atoms with van der Waals surface area (Å²) in [6.07, 6.45) is 5.17. The molecular weight excluding hydrogens is 348 g/mol. The number of hydrogen-bond acceptors (Lipinski definition) is 4. The molecule has 0 saturated carbocycles. The van der Waals surface area contributed by atoms with Gasteiger partial charge in [-0.15, -0.1) is 0 Å². The SMILES string of the molecule is Cc1cc(C)c2nc(C)cc(CN3CCC([C@H](O)c4nccn4C)CC3)c2c1. The number of rotatable bonds is 4. The number of aromatic nitrogens is 3. The molecule has 0 amide bonds. The van der Waals surface area contributed by atoms with Gasteiger partial charge in [-0.3, -0.25) is 9.88 Å². The lowest BCUT2D eigenvalue weighted by Gasteiger charge is -2.34. The fraction of sp³-hybridized carbons (Fsp3) is 0.478. The smallest absolute Gasteiger partial charge is 0.137 e. The molecule has 5 heteroatoms. The Morgan fingerprint density at radius 2 is 1.89 bits per heavy atom. The van der Waals surface area contributed by atoms with Crippen LogP contribution in [0.15, 0.2) is 30.6 Å². The summed E-state index contributed by atoms with van der Waals surface area (Å²) in [4.78, 5) is 11.6. The summed E-state index contributed by atoms with van der Waals surface area (Å²) in [5, 5.41) is 12.0. The lowest BCUT2D eigenvalue weighted by atomic mass is 9.90. The van der Waals surface area contributed by atoms with Crippen LogP contribution in [0, 0.1) is 26.7 Å². The van der Waals surface area contributed by atoms with Crippen LogP contribution in [-0.2, 0) is 13.6 Å². The zero-order chi connectivity index (χ0) is 19.8. The van der Waals surface area contributed by atoms with E-state index in [0.29, 0.717) is 0 Å². The number of imidazole rings is 1. The van der Waals surface area contributed by atoms with E-state index in [2.05, 4.69) is 48.9 Å². The van der Waals surface area contributed by atoms with Gasteiger partial charge in [0.25, 0.3) is 0 Å². The summed E-state index contributed by atoms with van der Waals surface area (Å²) in [5.41, 5.74) is 6.10. The first-order chi connectivity index (χ1) is 13.4. The Bertz CT molecular complexity index is 986. The minimum Gasteiger partial charge on any atom is -0.385 e. The number of aliphatic hydroxyl groups excluding tert-OH is 1. The van der Waals surface area contributed by atoms with Crippen molar-refractivity contribution in [2.45, 2.75) is 46.3 Å². The highest BCUT2D eigenvalue weighted by Gasteiger charge is 2.28. The third-order valence-corrected chi connectivity index (χ3v) is 6.06. The molecule has 4 rings (SSSR count). The van der Waals surface area contributed by atoms with Crippen LogP contribution >= 0.6 is 0 Å². The zero-order valence-corrected chi connectivity index (χ0v) is 17.3. The van der Waals surface area contributed by atoms with E-state index in [-0.39, 0.29) is 5.92 Å². The maximum atomic E-state index is 10.7. The molecule has 0 radical (unpaired) electrons. The zero-order valence-electron chi connectivity index (χ0n) is 17.3. The summed E-state index contributed by atoms with van der Waals surface area (Å²) in [6.45, 7) is 9.32. The third-order valence-electron chi connectivity index (χ3n) is 6.06. The summed E-state index contributed by atoms with van der Waals surface area (Å²) < 4.78 is 1.92. The highest BCUT2D eigenvalue weighted by Crippen LogP contribution is 2.31. The van der Waals surface area contributed by atoms with Gasteiger partial charge >= 0.3 is 0 Å². The minimum atomic E-state index is -0.476. The summed E-state index contributed by atoms with van der Waals surface area (Å²) >= 11 is 0. The molecule has 3 aromatic rings. The van der Waals surface area contributed by atoms with Crippen molar-refractivity contribution in [3.05, 3.63) is 58.8 Å². The monoisotopic (exact) mass is 378 g/mol. The van der Waals surface area contributed by atoms with Gasteiger partial charge in [0, 0.05) is 37.1 Å². The first-order valence-electron chi connectivity index (χ1n) is 10.2. The number of aryl methyl sites for hydroxylation is 4. The average Bonchev–Trinajstić information content (AvgIpc) is 3.09. The van der Waals surface area contributed by atoms with E-state index in [1.165, 1.54) is 22.1 Å². The standard InChI is InChI=1S/C23H30N4O/c1-15-11-16(2)21-20(12-15)19(13-17(3)25-21)14-27-8-5-18(6-9-27)22(28)23-24-7-10-26(23)4/h7,10-13,18,22,28H,5-6,8-9,14H2,1-4H3/t22-/m0/s1. The lowest BCUT2D eigenvalue weighted by molar-refractivity contribution is 0.0493. The average molecular weight is 379 g/mol. The molecule has 1 saturated heterocycles. The van der Waals surface area contributed by atoms with Crippen LogP contribution in [-0.4, -0.2) is 37.6 Å². The van der Waals surface area contributed by atoms with Crippen LogP contribution in [0.5, 0.6) is 0 Å². The fourth-order valence-corrected chi connectivity index (χ4v) is 4.56. The van der Waals surface area contributed by atoms with Crippen molar-refractivity contribution in [1.82, 2.24) is 19.4 Å². The highest BCUT2D eigenvalue weighted by molar-refractivity contribution is 5.86. The minimum absolute atomic E-state index is 0.276. The molecule has 1 fully saturated rings. The van der Waals surface area contributed by atoms with Crippen molar-refractivity contribution >= 4 is 10.9 Å². The highest BCUT2D eigenvalue weighted by atomic mass is 16.3. The van der Waals surface area contributed by atoms with Gasteiger partial charge in [-0.05, 0) is 75.9 Å². The van der Waals surface area contributed by atoms with Crippen molar-refractivity contribution in [3.63, 3.8) is 0 Å². The van der Waals surface area contributed by atoms with E-state index in [4.69, 9.17) is 4.98 Å². The Labute approximate surface area is 167 Å². The molecule has 1 N–H and O–H groups in total. The van der Waals surface area contributed by atoms with Gasteiger partial charge in [-0.25, -0.2) is 4.98 Å². The number of aliphatic hydroxyl groups is 1. The molecule has 28 heavy (non-hydrogen) atoms. The second-order valence-corrected chi connectivity index (χ2v) is 8.36. The van der Waals surface area contributed by atoms with Crippen LogP contribution in [0.3, 0.4) is 0 Å². The molecule has 0 bridgehead atoms. The van der Waals surface area contributed by atoms with E-state index in [1.54, 1.807) is 6.20 Å². The van der Waals surface area contributed by atoms with Gasteiger partial charge in [-0.1, -0.05) is 11.6 Å². The Balaban J connectivity index is 1.49. The van der Waals surface area contributed by atoms with Gasteiger partial charge in [0.05, 0.1) is 5.52 Å². The van der Waals surface area contributed by atoms with E-state index in [0.717, 1.165) is 49.5 Å². The number of hydrogen-bond donors (Lipinski definition) is 1. The molecule has 2 aromatic heterocycles. The topological polar surface area (TPSA) is 54.2 Å². The molecule has 0 unspecified atom stereocenters. The lowest BCUT2D eigenvalue weighted by Crippen LogP contribution is -2.35. The number of piperidine rings is 1. The quantitative estimate of drug-likeness (QED) is 0.749. The Morgan fingerprint density at radius 1 is 1.14 bits per heavy atom. The number of likely N-dealkylation sites (tertiary alicyclic amines) is 1. The van der Waals surface area contributed by atoms with Gasteiger partial charge in [0.1, 0.15) is 11.9 Å².